The summed E-state index contributed by atoms with van der Waals surface area (Å²) in [5.74, 6) is 0.461. The van der Waals surface area contributed by atoms with Gasteiger partial charge >= 0.3 is 0 Å². The maximum atomic E-state index is 12.4. The molecule has 0 unspecified atom stereocenters. The van der Waals surface area contributed by atoms with Gasteiger partial charge < -0.3 is 10.1 Å². The first-order chi connectivity index (χ1) is 13.2. The molecule has 4 rings (SSSR count). The summed E-state index contributed by atoms with van der Waals surface area (Å²) in [6.45, 7) is -0.197. The van der Waals surface area contributed by atoms with Crippen molar-refractivity contribution in [2.75, 3.05) is 5.32 Å². The van der Waals surface area contributed by atoms with Crippen LogP contribution in [0.15, 0.2) is 53.3 Å². The predicted molar refractivity (Wildman–Crippen MR) is 102 cm³/mol. The molecule has 2 aromatic carbocycles. The molecule has 1 N–H and O–H groups in total. The van der Waals surface area contributed by atoms with E-state index in [-0.39, 0.29) is 18.0 Å². The molecular weight excluding hydrogens is 344 g/mol. The van der Waals surface area contributed by atoms with Crippen LogP contribution in [-0.4, -0.2) is 27.0 Å². The van der Waals surface area contributed by atoms with Crippen LogP contribution in [0.4, 0.5) is 5.69 Å². The highest BCUT2D eigenvalue weighted by Crippen LogP contribution is 2.25. The summed E-state index contributed by atoms with van der Waals surface area (Å²) in [4.78, 5) is 24.7. The molecule has 0 radical (unpaired) electrons. The zero-order valence-electron chi connectivity index (χ0n) is 14.8. The van der Waals surface area contributed by atoms with Crippen molar-refractivity contribution in [3.8, 4) is 5.75 Å². The largest absolute Gasteiger partial charge is 0.490 e. The summed E-state index contributed by atoms with van der Waals surface area (Å²) >= 11 is 0. The first kappa shape index (κ1) is 17.2. The Kier molecular flexibility index (Phi) is 4.82. The Morgan fingerprint density at radius 2 is 1.85 bits per heavy atom. The topological polar surface area (TPSA) is 86.1 Å². The minimum Gasteiger partial charge on any atom is -0.490 e. The van der Waals surface area contributed by atoms with Gasteiger partial charge in [0.05, 0.1) is 11.5 Å². The Labute approximate surface area is 156 Å². The number of anilines is 1. The van der Waals surface area contributed by atoms with Crippen molar-refractivity contribution in [2.24, 2.45) is 0 Å². The fourth-order valence-corrected chi connectivity index (χ4v) is 3.28. The van der Waals surface area contributed by atoms with Gasteiger partial charge in [-0.1, -0.05) is 17.3 Å². The Balaban J connectivity index is 1.40. The van der Waals surface area contributed by atoms with Crippen LogP contribution in [0.1, 0.15) is 25.7 Å². The average Bonchev–Trinajstić information content (AvgIpc) is 3.19. The van der Waals surface area contributed by atoms with Gasteiger partial charge in [-0.15, -0.1) is 5.10 Å². The molecule has 1 aliphatic rings. The lowest BCUT2D eigenvalue weighted by molar-refractivity contribution is -0.117. The number of fused-ring (bicyclic) bond motifs is 1. The highest BCUT2D eigenvalue weighted by atomic mass is 16.5. The lowest BCUT2D eigenvalue weighted by atomic mass is 10.2. The first-order valence-electron chi connectivity index (χ1n) is 9.08. The highest BCUT2D eigenvalue weighted by molar-refractivity contribution is 5.90. The molecule has 1 heterocycles. The van der Waals surface area contributed by atoms with Crippen LogP contribution >= 0.6 is 0 Å². The molecule has 0 spiro atoms. The van der Waals surface area contributed by atoms with Gasteiger partial charge in [0.15, 0.2) is 0 Å². The molecule has 7 heteroatoms. The van der Waals surface area contributed by atoms with Crippen molar-refractivity contribution in [2.45, 2.75) is 38.3 Å². The summed E-state index contributed by atoms with van der Waals surface area (Å²) in [5.41, 5.74) is 0.814. The van der Waals surface area contributed by atoms with Crippen molar-refractivity contribution in [1.29, 1.82) is 0 Å². The molecule has 1 saturated carbocycles. The molecule has 0 aliphatic heterocycles. The smallest absolute Gasteiger partial charge is 0.278 e. The summed E-state index contributed by atoms with van der Waals surface area (Å²) in [5, 5.41) is 11.0. The van der Waals surface area contributed by atoms with E-state index in [0.717, 1.165) is 23.3 Å². The SMILES string of the molecule is O=C(Cn1nnc2ccccc2c1=O)Nc1ccc(OC2CCCC2)cc1. The van der Waals surface area contributed by atoms with Crippen molar-refractivity contribution in [1.82, 2.24) is 15.0 Å². The molecule has 1 fully saturated rings. The third-order valence-corrected chi connectivity index (χ3v) is 4.67. The van der Waals surface area contributed by atoms with Gasteiger partial charge in [0.2, 0.25) is 5.91 Å². The van der Waals surface area contributed by atoms with Crippen LogP contribution in [0, 0.1) is 0 Å². The number of aromatic nitrogens is 3. The lowest BCUT2D eigenvalue weighted by Gasteiger charge is -2.13. The van der Waals surface area contributed by atoms with E-state index in [2.05, 4.69) is 15.6 Å². The highest BCUT2D eigenvalue weighted by Gasteiger charge is 2.16. The number of hydrogen-bond acceptors (Lipinski definition) is 5. The van der Waals surface area contributed by atoms with Gasteiger partial charge in [-0.25, -0.2) is 4.68 Å². The molecule has 0 saturated heterocycles. The molecule has 1 aliphatic carbocycles. The van der Waals surface area contributed by atoms with Crippen molar-refractivity contribution in [3.05, 3.63) is 58.9 Å². The van der Waals surface area contributed by atoms with E-state index in [1.807, 2.05) is 12.1 Å². The van der Waals surface area contributed by atoms with Crippen LogP contribution in [0.3, 0.4) is 0 Å². The molecule has 3 aromatic rings. The third kappa shape index (κ3) is 3.97. The lowest BCUT2D eigenvalue weighted by Crippen LogP contribution is -2.30. The zero-order chi connectivity index (χ0) is 18.6. The minimum absolute atomic E-state index is 0.197. The minimum atomic E-state index is -0.342. The number of nitrogens with zero attached hydrogens (tertiary/aromatic N) is 3. The van der Waals surface area contributed by atoms with Gasteiger partial charge in [0.1, 0.15) is 17.8 Å². The molecule has 0 bridgehead atoms. The second-order valence-electron chi connectivity index (χ2n) is 6.67. The fourth-order valence-electron chi connectivity index (χ4n) is 3.28. The van der Waals surface area contributed by atoms with Gasteiger partial charge in [-0.05, 0) is 62.1 Å². The maximum Gasteiger partial charge on any atom is 0.278 e. The van der Waals surface area contributed by atoms with Crippen LogP contribution in [0.5, 0.6) is 5.75 Å². The molecule has 1 amide bonds. The zero-order valence-corrected chi connectivity index (χ0v) is 14.8. The predicted octanol–water partition coefficient (Wildman–Crippen LogP) is 2.75. The van der Waals surface area contributed by atoms with Crippen LogP contribution in [0.2, 0.25) is 0 Å². The first-order valence-corrected chi connectivity index (χ1v) is 9.08. The number of carbonyl (C=O) groups is 1. The van der Waals surface area contributed by atoms with E-state index in [4.69, 9.17) is 4.74 Å². The Morgan fingerprint density at radius 1 is 1.11 bits per heavy atom. The number of hydrogen-bond donors (Lipinski definition) is 1. The van der Waals surface area contributed by atoms with Crippen LogP contribution < -0.4 is 15.6 Å². The van der Waals surface area contributed by atoms with Crippen LogP contribution in [0.25, 0.3) is 10.9 Å². The number of nitrogens with one attached hydrogen (secondary N) is 1. The van der Waals surface area contributed by atoms with Gasteiger partial charge in [0.25, 0.3) is 5.56 Å². The van der Waals surface area contributed by atoms with E-state index in [9.17, 15) is 9.59 Å². The third-order valence-electron chi connectivity index (χ3n) is 4.67. The molecule has 27 heavy (non-hydrogen) atoms. The molecule has 138 valence electrons. The van der Waals surface area contributed by atoms with E-state index in [1.165, 1.54) is 12.8 Å². The van der Waals surface area contributed by atoms with E-state index in [0.29, 0.717) is 22.7 Å². The Bertz CT molecular complexity index is 1010. The summed E-state index contributed by atoms with van der Waals surface area (Å²) in [7, 11) is 0. The number of rotatable bonds is 5. The second-order valence-corrected chi connectivity index (χ2v) is 6.67. The standard InChI is InChI=1S/C20H20N4O3/c25-19(13-24-20(26)17-7-3-4-8-18(17)22-23-24)21-14-9-11-16(12-10-14)27-15-5-1-2-6-15/h3-4,7-12,15H,1-2,5-6,13H2,(H,21,25). The number of carbonyl (C=O) groups excluding carboxylic acids is 1. The summed E-state index contributed by atoms with van der Waals surface area (Å²) in [6.07, 6.45) is 4.93. The Hall–Kier alpha value is -3.22. The van der Waals surface area contributed by atoms with Crippen molar-refractivity contribution >= 4 is 22.5 Å². The summed E-state index contributed by atoms with van der Waals surface area (Å²) in [6, 6.07) is 14.2. The monoisotopic (exact) mass is 364 g/mol. The van der Waals surface area contributed by atoms with Gasteiger partial charge in [0, 0.05) is 5.69 Å². The molecule has 0 atom stereocenters. The van der Waals surface area contributed by atoms with Crippen molar-refractivity contribution < 1.29 is 9.53 Å². The Morgan fingerprint density at radius 3 is 2.63 bits per heavy atom. The number of amides is 1. The molecule has 7 nitrogen and oxygen atoms in total. The normalized spacial score (nSPS) is 14.4. The quantitative estimate of drug-likeness (QED) is 0.752. The fraction of sp³-hybridized carbons (Fsp3) is 0.300. The van der Waals surface area contributed by atoms with Crippen LogP contribution in [-0.2, 0) is 11.3 Å². The summed E-state index contributed by atoms with van der Waals surface area (Å²) < 4.78 is 6.98. The number of benzene rings is 2. The van der Waals surface area contributed by atoms with E-state index < -0.39 is 0 Å². The number of ether oxygens (including phenoxy) is 1. The second kappa shape index (κ2) is 7.57. The van der Waals surface area contributed by atoms with Crippen molar-refractivity contribution in [3.63, 3.8) is 0 Å². The average molecular weight is 364 g/mol. The van der Waals surface area contributed by atoms with Gasteiger partial charge in [-0.2, -0.15) is 0 Å². The van der Waals surface area contributed by atoms with E-state index >= 15 is 0 Å². The molecular formula is C20H20N4O3. The van der Waals surface area contributed by atoms with Gasteiger partial charge in [-0.3, -0.25) is 9.59 Å². The molecule has 1 aromatic heterocycles. The maximum absolute atomic E-state index is 12.4. The van der Waals surface area contributed by atoms with E-state index in [1.54, 1.807) is 36.4 Å².